The minimum atomic E-state index is -0.167. The Balaban J connectivity index is 2.04. The summed E-state index contributed by atoms with van der Waals surface area (Å²) in [6, 6.07) is 14.6. The van der Waals surface area contributed by atoms with E-state index in [2.05, 4.69) is 17.6 Å². The quantitative estimate of drug-likeness (QED) is 0.855. The Kier molecular flexibility index (Phi) is 5.02. The largest absolute Gasteiger partial charge is 0.385 e. The van der Waals surface area contributed by atoms with Crippen molar-refractivity contribution in [2.45, 2.75) is 13.3 Å². The molecule has 0 aliphatic rings. The summed E-state index contributed by atoms with van der Waals surface area (Å²) in [5, 5.41) is 6.59. The van der Waals surface area contributed by atoms with Crippen LogP contribution in [-0.4, -0.2) is 12.5 Å². The maximum atomic E-state index is 12.1. The highest BCUT2D eigenvalue weighted by molar-refractivity contribution is 6.33. The van der Waals surface area contributed by atoms with Gasteiger partial charge in [-0.1, -0.05) is 30.7 Å². The first-order valence-corrected chi connectivity index (χ1v) is 6.98. The summed E-state index contributed by atoms with van der Waals surface area (Å²) in [5.74, 6) is -0.167. The minimum absolute atomic E-state index is 0.167. The number of benzene rings is 2. The summed E-state index contributed by atoms with van der Waals surface area (Å²) in [5.41, 5.74) is 2.24. The molecule has 104 valence electrons. The molecule has 1 amide bonds. The lowest BCUT2D eigenvalue weighted by Crippen LogP contribution is -2.12. The average Bonchev–Trinajstić information content (AvgIpc) is 2.48. The van der Waals surface area contributed by atoms with Crippen molar-refractivity contribution in [1.82, 2.24) is 0 Å². The van der Waals surface area contributed by atoms with Gasteiger partial charge in [0, 0.05) is 17.8 Å². The fourth-order valence-electron chi connectivity index (χ4n) is 1.77. The molecule has 0 fully saturated rings. The molecule has 0 spiro atoms. The van der Waals surface area contributed by atoms with Gasteiger partial charge in [0.2, 0.25) is 0 Å². The van der Waals surface area contributed by atoms with Gasteiger partial charge >= 0.3 is 0 Å². The Morgan fingerprint density at radius 1 is 1.10 bits per heavy atom. The standard InChI is InChI=1S/C16H17ClN2O/c1-2-11-18-13-9-7-12(8-10-13)16(20)19-15-6-4-3-5-14(15)17/h3-10,18H,2,11H2,1H3,(H,19,20). The summed E-state index contributed by atoms with van der Waals surface area (Å²) in [6.07, 6.45) is 1.06. The third-order valence-corrected chi connectivity index (χ3v) is 3.18. The molecule has 0 aromatic heterocycles. The summed E-state index contributed by atoms with van der Waals surface area (Å²) in [6.45, 7) is 3.03. The molecule has 0 radical (unpaired) electrons. The van der Waals surface area contributed by atoms with Crippen LogP contribution in [-0.2, 0) is 0 Å². The molecule has 4 heteroatoms. The maximum Gasteiger partial charge on any atom is 0.255 e. The van der Waals surface area contributed by atoms with E-state index >= 15 is 0 Å². The van der Waals surface area contributed by atoms with E-state index in [4.69, 9.17) is 11.6 Å². The molecular formula is C16H17ClN2O. The molecule has 2 rings (SSSR count). The second-order valence-corrected chi connectivity index (χ2v) is 4.85. The van der Waals surface area contributed by atoms with Crippen LogP contribution in [0.5, 0.6) is 0 Å². The second-order valence-electron chi connectivity index (χ2n) is 4.44. The van der Waals surface area contributed by atoms with Crippen molar-refractivity contribution in [2.24, 2.45) is 0 Å². The number of carbonyl (C=O) groups is 1. The Labute approximate surface area is 124 Å². The molecule has 0 saturated carbocycles. The SMILES string of the molecule is CCCNc1ccc(C(=O)Nc2ccccc2Cl)cc1. The van der Waals surface area contributed by atoms with Crippen molar-refractivity contribution in [3.05, 3.63) is 59.1 Å². The van der Waals surface area contributed by atoms with E-state index in [-0.39, 0.29) is 5.91 Å². The van der Waals surface area contributed by atoms with Gasteiger partial charge in [0.25, 0.3) is 5.91 Å². The number of para-hydroxylation sites is 1. The van der Waals surface area contributed by atoms with E-state index in [1.807, 2.05) is 24.3 Å². The lowest BCUT2D eigenvalue weighted by molar-refractivity contribution is 0.102. The van der Waals surface area contributed by atoms with E-state index in [0.29, 0.717) is 16.3 Å². The monoisotopic (exact) mass is 288 g/mol. The summed E-state index contributed by atoms with van der Waals surface area (Å²) in [7, 11) is 0. The molecular weight excluding hydrogens is 272 g/mol. The van der Waals surface area contributed by atoms with Gasteiger partial charge in [0.15, 0.2) is 0 Å². The van der Waals surface area contributed by atoms with Crippen LogP contribution < -0.4 is 10.6 Å². The number of hydrogen-bond acceptors (Lipinski definition) is 2. The lowest BCUT2D eigenvalue weighted by Gasteiger charge is -2.08. The molecule has 20 heavy (non-hydrogen) atoms. The van der Waals surface area contributed by atoms with Crippen LogP contribution >= 0.6 is 11.6 Å². The Hall–Kier alpha value is -2.00. The number of halogens is 1. The van der Waals surface area contributed by atoms with E-state index in [1.54, 1.807) is 24.3 Å². The minimum Gasteiger partial charge on any atom is -0.385 e. The highest BCUT2D eigenvalue weighted by Crippen LogP contribution is 2.21. The number of nitrogens with one attached hydrogen (secondary N) is 2. The first kappa shape index (κ1) is 14.4. The highest BCUT2D eigenvalue weighted by atomic mass is 35.5. The van der Waals surface area contributed by atoms with Crippen molar-refractivity contribution in [3.8, 4) is 0 Å². The molecule has 0 aliphatic heterocycles. The van der Waals surface area contributed by atoms with Crippen LogP contribution in [0.4, 0.5) is 11.4 Å². The van der Waals surface area contributed by atoms with Crippen LogP contribution in [0.25, 0.3) is 0 Å². The molecule has 3 nitrogen and oxygen atoms in total. The van der Waals surface area contributed by atoms with Crippen molar-refractivity contribution in [3.63, 3.8) is 0 Å². The van der Waals surface area contributed by atoms with Crippen molar-refractivity contribution >= 4 is 28.9 Å². The smallest absolute Gasteiger partial charge is 0.255 e. The van der Waals surface area contributed by atoms with Gasteiger partial charge in [-0.05, 0) is 42.8 Å². The Morgan fingerprint density at radius 2 is 1.80 bits per heavy atom. The number of carbonyl (C=O) groups excluding carboxylic acids is 1. The predicted molar refractivity (Wildman–Crippen MR) is 84.6 cm³/mol. The van der Waals surface area contributed by atoms with Gasteiger partial charge in [-0.2, -0.15) is 0 Å². The molecule has 2 aromatic carbocycles. The molecule has 0 saturated heterocycles. The molecule has 0 unspecified atom stereocenters. The zero-order chi connectivity index (χ0) is 14.4. The highest BCUT2D eigenvalue weighted by Gasteiger charge is 2.07. The third kappa shape index (κ3) is 3.75. The summed E-state index contributed by atoms with van der Waals surface area (Å²) < 4.78 is 0. The van der Waals surface area contributed by atoms with Gasteiger partial charge in [-0.3, -0.25) is 4.79 Å². The molecule has 2 aromatic rings. The van der Waals surface area contributed by atoms with Gasteiger partial charge in [0.1, 0.15) is 0 Å². The first-order valence-electron chi connectivity index (χ1n) is 6.60. The van der Waals surface area contributed by atoms with E-state index in [9.17, 15) is 4.79 Å². The fourth-order valence-corrected chi connectivity index (χ4v) is 1.95. The molecule has 0 aliphatic carbocycles. The van der Waals surface area contributed by atoms with Crippen molar-refractivity contribution in [1.29, 1.82) is 0 Å². The topological polar surface area (TPSA) is 41.1 Å². The Morgan fingerprint density at radius 3 is 2.45 bits per heavy atom. The zero-order valence-electron chi connectivity index (χ0n) is 11.3. The number of anilines is 2. The summed E-state index contributed by atoms with van der Waals surface area (Å²) in [4.78, 5) is 12.1. The zero-order valence-corrected chi connectivity index (χ0v) is 12.1. The van der Waals surface area contributed by atoms with E-state index in [1.165, 1.54) is 0 Å². The van der Waals surface area contributed by atoms with Crippen LogP contribution in [0.2, 0.25) is 5.02 Å². The first-order chi connectivity index (χ1) is 9.70. The lowest BCUT2D eigenvalue weighted by atomic mass is 10.2. The van der Waals surface area contributed by atoms with Crippen LogP contribution in [0.1, 0.15) is 23.7 Å². The van der Waals surface area contributed by atoms with Crippen LogP contribution in [0, 0.1) is 0 Å². The van der Waals surface area contributed by atoms with Crippen LogP contribution in [0.3, 0.4) is 0 Å². The molecule has 2 N–H and O–H groups in total. The van der Waals surface area contributed by atoms with E-state index in [0.717, 1.165) is 18.7 Å². The maximum absolute atomic E-state index is 12.1. The van der Waals surface area contributed by atoms with Crippen molar-refractivity contribution < 1.29 is 4.79 Å². The van der Waals surface area contributed by atoms with Gasteiger partial charge < -0.3 is 10.6 Å². The van der Waals surface area contributed by atoms with Gasteiger partial charge in [0.05, 0.1) is 10.7 Å². The number of rotatable bonds is 5. The number of hydrogen-bond donors (Lipinski definition) is 2. The molecule has 0 bridgehead atoms. The average molecular weight is 289 g/mol. The summed E-state index contributed by atoms with van der Waals surface area (Å²) >= 11 is 6.01. The normalized spacial score (nSPS) is 10.1. The predicted octanol–water partition coefficient (Wildman–Crippen LogP) is 4.41. The fraction of sp³-hybridized carbons (Fsp3) is 0.188. The third-order valence-electron chi connectivity index (χ3n) is 2.85. The second kappa shape index (κ2) is 6.96. The van der Waals surface area contributed by atoms with Crippen molar-refractivity contribution in [2.75, 3.05) is 17.2 Å². The van der Waals surface area contributed by atoms with E-state index < -0.39 is 0 Å². The molecule has 0 heterocycles. The van der Waals surface area contributed by atoms with Crippen LogP contribution in [0.15, 0.2) is 48.5 Å². The number of amides is 1. The van der Waals surface area contributed by atoms with Gasteiger partial charge in [-0.25, -0.2) is 0 Å². The molecule has 0 atom stereocenters. The Bertz CT molecular complexity index is 581. The van der Waals surface area contributed by atoms with Gasteiger partial charge in [-0.15, -0.1) is 0 Å².